The highest BCUT2D eigenvalue weighted by atomic mass is 16.2. The van der Waals surface area contributed by atoms with Crippen molar-refractivity contribution >= 4 is 11.6 Å². The van der Waals surface area contributed by atoms with Gasteiger partial charge in [-0.3, -0.25) is 4.79 Å². The molecule has 0 spiro atoms. The van der Waals surface area contributed by atoms with Crippen molar-refractivity contribution in [3.8, 4) is 0 Å². The molecule has 0 aliphatic carbocycles. The van der Waals surface area contributed by atoms with Crippen LogP contribution in [0.2, 0.25) is 0 Å². The molecule has 0 radical (unpaired) electrons. The number of hydrogen-bond acceptors (Lipinski definition) is 2. The minimum atomic E-state index is -0.0745. The zero-order valence-electron chi connectivity index (χ0n) is 15.8. The number of likely N-dealkylation sites (tertiary alicyclic amines) is 1. The van der Waals surface area contributed by atoms with Crippen LogP contribution in [0.4, 0.5) is 5.69 Å². The lowest BCUT2D eigenvalue weighted by Crippen LogP contribution is -2.49. The molecular formula is C23H28N2O. The molecule has 1 fully saturated rings. The van der Waals surface area contributed by atoms with E-state index in [4.69, 9.17) is 0 Å². The van der Waals surface area contributed by atoms with E-state index < -0.39 is 0 Å². The Morgan fingerprint density at radius 3 is 2.42 bits per heavy atom. The third-order valence-electron chi connectivity index (χ3n) is 6.10. The van der Waals surface area contributed by atoms with Gasteiger partial charge in [0, 0.05) is 25.3 Å². The van der Waals surface area contributed by atoms with Crippen molar-refractivity contribution in [3.63, 3.8) is 0 Å². The number of benzene rings is 2. The van der Waals surface area contributed by atoms with Crippen LogP contribution in [0.25, 0.3) is 0 Å². The first-order valence-electron chi connectivity index (χ1n) is 9.83. The number of rotatable bonds is 3. The van der Waals surface area contributed by atoms with E-state index in [1.54, 1.807) is 0 Å². The highest BCUT2D eigenvalue weighted by Gasteiger charge is 2.32. The Kier molecular flexibility index (Phi) is 4.71. The van der Waals surface area contributed by atoms with Gasteiger partial charge in [0.1, 0.15) is 6.04 Å². The van der Waals surface area contributed by atoms with Crippen LogP contribution >= 0.6 is 0 Å². The summed E-state index contributed by atoms with van der Waals surface area (Å²) in [6, 6.07) is 17.3. The SMILES string of the molecule is Cc1ccc(C2CCN(C(=O)[C@H](C)N3CCc4ccccc43)CC2)cc1. The van der Waals surface area contributed by atoms with E-state index in [1.807, 2.05) is 0 Å². The first kappa shape index (κ1) is 17.1. The van der Waals surface area contributed by atoms with Crippen molar-refractivity contribution < 1.29 is 4.79 Å². The maximum atomic E-state index is 13.1. The third kappa shape index (κ3) is 3.23. The second kappa shape index (κ2) is 7.14. The first-order valence-corrected chi connectivity index (χ1v) is 9.83. The molecule has 0 bridgehead atoms. The predicted molar refractivity (Wildman–Crippen MR) is 107 cm³/mol. The molecule has 0 unspecified atom stereocenters. The van der Waals surface area contributed by atoms with Gasteiger partial charge >= 0.3 is 0 Å². The summed E-state index contributed by atoms with van der Waals surface area (Å²) in [7, 11) is 0. The molecule has 3 nitrogen and oxygen atoms in total. The van der Waals surface area contributed by atoms with Gasteiger partial charge in [0.25, 0.3) is 0 Å². The fraction of sp³-hybridized carbons (Fsp3) is 0.435. The van der Waals surface area contributed by atoms with Gasteiger partial charge in [-0.05, 0) is 56.2 Å². The van der Waals surface area contributed by atoms with Gasteiger partial charge in [-0.15, -0.1) is 0 Å². The number of aryl methyl sites for hydroxylation is 1. The summed E-state index contributed by atoms with van der Waals surface area (Å²) in [6.45, 7) is 6.89. The number of piperidine rings is 1. The summed E-state index contributed by atoms with van der Waals surface area (Å²) in [4.78, 5) is 17.4. The Bertz CT molecular complexity index is 775. The first-order chi connectivity index (χ1) is 12.6. The zero-order valence-corrected chi connectivity index (χ0v) is 15.8. The summed E-state index contributed by atoms with van der Waals surface area (Å²) in [5.74, 6) is 0.867. The molecule has 4 rings (SSSR count). The Balaban J connectivity index is 1.38. The van der Waals surface area contributed by atoms with Crippen molar-refractivity contribution in [1.82, 2.24) is 4.90 Å². The molecule has 0 saturated carbocycles. The fourth-order valence-corrected chi connectivity index (χ4v) is 4.44. The molecule has 2 heterocycles. The molecule has 2 aliphatic heterocycles. The Morgan fingerprint density at radius 1 is 1.00 bits per heavy atom. The monoisotopic (exact) mass is 348 g/mol. The number of amides is 1. The molecule has 0 N–H and O–H groups in total. The number of hydrogen-bond donors (Lipinski definition) is 0. The van der Waals surface area contributed by atoms with E-state index in [0.717, 1.165) is 38.9 Å². The number of para-hydroxylation sites is 1. The lowest BCUT2D eigenvalue weighted by molar-refractivity contribution is -0.133. The standard InChI is InChI=1S/C23H28N2O/c1-17-7-9-19(10-8-17)20-11-14-24(15-12-20)23(26)18(2)25-16-13-21-5-3-4-6-22(21)25/h3-10,18,20H,11-16H2,1-2H3/t18-/m0/s1. The average Bonchev–Trinajstić information content (AvgIpc) is 3.12. The molecular weight excluding hydrogens is 320 g/mol. The smallest absolute Gasteiger partial charge is 0.244 e. The molecule has 1 amide bonds. The summed E-state index contributed by atoms with van der Waals surface area (Å²) >= 11 is 0. The highest BCUT2D eigenvalue weighted by molar-refractivity contribution is 5.86. The zero-order chi connectivity index (χ0) is 18.1. The van der Waals surface area contributed by atoms with E-state index in [2.05, 4.69) is 72.2 Å². The summed E-state index contributed by atoms with van der Waals surface area (Å²) < 4.78 is 0. The highest BCUT2D eigenvalue weighted by Crippen LogP contribution is 2.32. The van der Waals surface area contributed by atoms with Crippen molar-refractivity contribution in [1.29, 1.82) is 0 Å². The Labute approximate surface area is 156 Å². The van der Waals surface area contributed by atoms with Gasteiger partial charge in [-0.1, -0.05) is 48.0 Å². The molecule has 2 aromatic carbocycles. The number of carbonyl (C=O) groups excluding carboxylic acids is 1. The van der Waals surface area contributed by atoms with Crippen molar-refractivity contribution in [2.75, 3.05) is 24.5 Å². The van der Waals surface area contributed by atoms with Gasteiger partial charge in [0.2, 0.25) is 5.91 Å². The van der Waals surface area contributed by atoms with Crippen LogP contribution < -0.4 is 4.90 Å². The van der Waals surface area contributed by atoms with E-state index in [1.165, 1.54) is 22.4 Å². The molecule has 26 heavy (non-hydrogen) atoms. The second-order valence-corrected chi connectivity index (χ2v) is 7.76. The molecule has 2 aliphatic rings. The second-order valence-electron chi connectivity index (χ2n) is 7.76. The van der Waals surface area contributed by atoms with Crippen LogP contribution in [0.15, 0.2) is 48.5 Å². The minimum absolute atomic E-state index is 0.0745. The predicted octanol–water partition coefficient (Wildman–Crippen LogP) is 4.15. The minimum Gasteiger partial charge on any atom is -0.359 e. The molecule has 136 valence electrons. The topological polar surface area (TPSA) is 23.6 Å². The van der Waals surface area contributed by atoms with Crippen LogP contribution in [-0.4, -0.2) is 36.5 Å². The van der Waals surface area contributed by atoms with E-state index in [-0.39, 0.29) is 11.9 Å². The van der Waals surface area contributed by atoms with Gasteiger partial charge in [0.15, 0.2) is 0 Å². The normalized spacial score (nSPS) is 18.7. The maximum Gasteiger partial charge on any atom is 0.244 e. The lowest BCUT2D eigenvalue weighted by Gasteiger charge is -2.36. The van der Waals surface area contributed by atoms with E-state index in [0.29, 0.717) is 5.92 Å². The number of anilines is 1. The summed E-state index contributed by atoms with van der Waals surface area (Å²) in [6.07, 6.45) is 3.18. The van der Waals surface area contributed by atoms with Crippen LogP contribution in [0.5, 0.6) is 0 Å². The van der Waals surface area contributed by atoms with Gasteiger partial charge < -0.3 is 9.80 Å². The molecule has 0 aromatic heterocycles. The average molecular weight is 348 g/mol. The van der Waals surface area contributed by atoms with Crippen LogP contribution in [0.3, 0.4) is 0 Å². The Hall–Kier alpha value is -2.29. The molecule has 2 aromatic rings. The lowest BCUT2D eigenvalue weighted by atomic mass is 9.89. The maximum absolute atomic E-state index is 13.1. The third-order valence-corrected chi connectivity index (χ3v) is 6.10. The van der Waals surface area contributed by atoms with Crippen molar-refractivity contribution in [2.45, 2.75) is 45.1 Å². The van der Waals surface area contributed by atoms with Gasteiger partial charge in [-0.2, -0.15) is 0 Å². The summed E-state index contributed by atoms with van der Waals surface area (Å²) in [5, 5.41) is 0. The largest absolute Gasteiger partial charge is 0.359 e. The quantitative estimate of drug-likeness (QED) is 0.832. The molecule has 1 atom stereocenters. The molecule has 3 heteroatoms. The van der Waals surface area contributed by atoms with Gasteiger partial charge in [-0.25, -0.2) is 0 Å². The molecule has 1 saturated heterocycles. The van der Waals surface area contributed by atoms with Crippen molar-refractivity contribution in [3.05, 3.63) is 65.2 Å². The van der Waals surface area contributed by atoms with Crippen LogP contribution in [-0.2, 0) is 11.2 Å². The van der Waals surface area contributed by atoms with Crippen LogP contribution in [0, 0.1) is 6.92 Å². The van der Waals surface area contributed by atoms with E-state index >= 15 is 0 Å². The number of carbonyl (C=O) groups is 1. The van der Waals surface area contributed by atoms with Crippen LogP contribution in [0.1, 0.15) is 42.4 Å². The van der Waals surface area contributed by atoms with Crippen molar-refractivity contribution in [2.24, 2.45) is 0 Å². The van der Waals surface area contributed by atoms with Gasteiger partial charge in [0.05, 0.1) is 0 Å². The number of fused-ring (bicyclic) bond motifs is 1. The summed E-state index contributed by atoms with van der Waals surface area (Å²) in [5.41, 5.74) is 5.33. The number of nitrogens with zero attached hydrogens (tertiary/aromatic N) is 2. The van der Waals surface area contributed by atoms with E-state index in [9.17, 15) is 4.79 Å². The fourth-order valence-electron chi connectivity index (χ4n) is 4.44. The Morgan fingerprint density at radius 2 is 1.69 bits per heavy atom.